The second-order valence-corrected chi connectivity index (χ2v) is 6.27. The minimum atomic E-state index is -1.97. The number of aliphatic hydroxyl groups excluding tert-OH is 1. The lowest BCUT2D eigenvalue weighted by Crippen LogP contribution is -2.48. The van der Waals surface area contributed by atoms with Crippen molar-refractivity contribution in [1.29, 1.82) is 5.26 Å². The van der Waals surface area contributed by atoms with Gasteiger partial charge >= 0.3 is 0 Å². The van der Waals surface area contributed by atoms with Crippen molar-refractivity contribution in [3.63, 3.8) is 0 Å². The van der Waals surface area contributed by atoms with Gasteiger partial charge in [-0.2, -0.15) is 5.26 Å². The number of nitrogens with zero attached hydrogens (tertiary/aromatic N) is 2. The molecule has 2 aliphatic rings. The predicted octanol–water partition coefficient (Wildman–Crippen LogP) is 0.398. The van der Waals surface area contributed by atoms with E-state index in [2.05, 4.69) is 0 Å². The van der Waals surface area contributed by atoms with Gasteiger partial charge in [-0.25, -0.2) is 4.90 Å². The topological polar surface area (TPSA) is 147 Å². The van der Waals surface area contributed by atoms with Crippen molar-refractivity contribution in [2.24, 2.45) is 5.73 Å². The molecule has 0 aliphatic carbocycles. The number of imide groups is 1. The highest BCUT2D eigenvalue weighted by Gasteiger charge is 2.62. The van der Waals surface area contributed by atoms with Crippen LogP contribution in [0.25, 0.3) is 0 Å². The summed E-state index contributed by atoms with van der Waals surface area (Å²) in [6.07, 6.45) is 0. The number of benzene rings is 1. The summed E-state index contributed by atoms with van der Waals surface area (Å²) in [4.78, 5) is 39.2. The quantitative estimate of drug-likeness (QED) is 0.723. The Kier molecular flexibility index (Phi) is 3.63. The van der Waals surface area contributed by atoms with E-state index in [1.807, 2.05) is 6.07 Å². The van der Waals surface area contributed by atoms with E-state index in [1.54, 1.807) is 18.2 Å². The second-order valence-electron chi connectivity index (χ2n) is 6.27. The smallest absolute Gasteiger partial charge is 0.257 e. The highest BCUT2D eigenvalue weighted by molar-refractivity contribution is 6.25. The summed E-state index contributed by atoms with van der Waals surface area (Å²) >= 11 is 0. The third-order valence-electron chi connectivity index (χ3n) is 4.78. The molecule has 0 saturated carbocycles. The molecule has 3 heterocycles. The number of carbonyl (C=O) groups is 2. The molecule has 4 rings (SSSR count). The zero-order chi connectivity index (χ0) is 20.2. The number of hydrogen-bond acceptors (Lipinski definition) is 8. The number of anilines is 1. The van der Waals surface area contributed by atoms with Crippen LogP contribution in [0.2, 0.25) is 0 Å². The SMILES string of the molecule is CC(=O)N1C(=O)[C@]2(C(C#N)=C(N)Oc3c2oc(CO)cc3=O)c2ccccc21. The van der Waals surface area contributed by atoms with Crippen LogP contribution in [0.1, 0.15) is 24.0 Å². The fraction of sp³-hybridized carbons (Fsp3) is 0.158. The van der Waals surface area contributed by atoms with Gasteiger partial charge in [0.15, 0.2) is 11.2 Å². The second kappa shape index (κ2) is 5.80. The zero-order valence-corrected chi connectivity index (χ0v) is 14.6. The summed E-state index contributed by atoms with van der Waals surface area (Å²) in [5.74, 6) is -2.63. The van der Waals surface area contributed by atoms with Gasteiger partial charge in [0, 0.05) is 18.6 Å². The maximum absolute atomic E-state index is 13.6. The molecule has 0 saturated heterocycles. The molecule has 2 aliphatic heterocycles. The van der Waals surface area contributed by atoms with Crippen LogP contribution in [0, 0.1) is 11.3 Å². The van der Waals surface area contributed by atoms with E-state index < -0.39 is 35.1 Å². The number of nitriles is 1. The predicted molar refractivity (Wildman–Crippen MR) is 93.7 cm³/mol. The largest absolute Gasteiger partial charge is 0.457 e. The first kappa shape index (κ1) is 17.5. The molecule has 3 N–H and O–H groups in total. The first-order chi connectivity index (χ1) is 13.4. The summed E-state index contributed by atoms with van der Waals surface area (Å²) in [6, 6.07) is 9.19. The van der Waals surface area contributed by atoms with E-state index in [1.165, 1.54) is 13.0 Å². The number of para-hydroxylation sites is 1. The van der Waals surface area contributed by atoms with Crippen LogP contribution in [-0.2, 0) is 21.6 Å². The van der Waals surface area contributed by atoms with Gasteiger partial charge in [0.2, 0.25) is 23.0 Å². The number of nitrogens with two attached hydrogens (primary N) is 1. The van der Waals surface area contributed by atoms with E-state index in [9.17, 15) is 24.8 Å². The van der Waals surface area contributed by atoms with Crippen molar-refractivity contribution in [3.8, 4) is 11.8 Å². The van der Waals surface area contributed by atoms with E-state index >= 15 is 0 Å². The summed E-state index contributed by atoms with van der Waals surface area (Å²) in [6.45, 7) is 0.583. The molecule has 28 heavy (non-hydrogen) atoms. The fourth-order valence-electron chi connectivity index (χ4n) is 3.70. The van der Waals surface area contributed by atoms with Crippen LogP contribution in [0.15, 0.2) is 51.0 Å². The molecule has 1 atom stereocenters. The molecule has 0 fully saturated rings. The van der Waals surface area contributed by atoms with Gasteiger partial charge in [0.25, 0.3) is 5.91 Å². The average molecular weight is 379 g/mol. The van der Waals surface area contributed by atoms with Crippen LogP contribution < -0.4 is 20.8 Å². The Bertz CT molecular complexity index is 1190. The van der Waals surface area contributed by atoms with E-state index in [0.717, 1.165) is 11.0 Å². The number of amides is 2. The standard InChI is InChI=1S/C19H13N3O6/c1-9(24)22-13-5-3-2-4-11(13)19(18(22)26)12(7-20)17(21)28-15-14(25)6-10(8-23)27-16(15)19/h2-6,23H,8,21H2,1H3/t19-/m0/s1. The molecule has 1 spiro atoms. The molecule has 140 valence electrons. The Morgan fingerprint density at radius 3 is 2.71 bits per heavy atom. The van der Waals surface area contributed by atoms with Crippen molar-refractivity contribution < 1.29 is 23.8 Å². The van der Waals surface area contributed by atoms with Crippen molar-refractivity contribution in [2.75, 3.05) is 4.90 Å². The van der Waals surface area contributed by atoms with Gasteiger partial charge < -0.3 is 20.0 Å². The van der Waals surface area contributed by atoms with Crippen LogP contribution in [0.5, 0.6) is 5.75 Å². The fourth-order valence-corrected chi connectivity index (χ4v) is 3.70. The molecular weight excluding hydrogens is 366 g/mol. The zero-order valence-electron chi connectivity index (χ0n) is 14.6. The molecular formula is C19H13N3O6. The Hall–Kier alpha value is -3.90. The number of ether oxygens (including phenoxy) is 1. The minimum absolute atomic E-state index is 0.129. The molecule has 9 nitrogen and oxygen atoms in total. The van der Waals surface area contributed by atoms with Gasteiger partial charge in [-0.3, -0.25) is 14.4 Å². The van der Waals surface area contributed by atoms with Crippen LogP contribution in [-0.4, -0.2) is 16.9 Å². The molecule has 9 heteroatoms. The van der Waals surface area contributed by atoms with E-state index in [-0.39, 0.29) is 34.1 Å². The van der Waals surface area contributed by atoms with Crippen LogP contribution >= 0.6 is 0 Å². The molecule has 0 bridgehead atoms. The lowest BCUT2D eigenvalue weighted by atomic mass is 9.72. The Morgan fingerprint density at radius 1 is 1.36 bits per heavy atom. The molecule has 0 radical (unpaired) electrons. The van der Waals surface area contributed by atoms with Gasteiger partial charge in [-0.05, 0) is 6.07 Å². The molecule has 2 aromatic rings. The third-order valence-corrected chi connectivity index (χ3v) is 4.78. The van der Waals surface area contributed by atoms with Crippen LogP contribution in [0.3, 0.4) is 0 Å². The number of carbonyl (C=O) groups excluding carboxylic acids is 2. The monoisotopic (exact) mass is 379 g/mol. The first-order valence-corrected chi connectivity index (χ1v) is 8.19. The van der Waals surface area contributed by atoms with Gasteiger partial charge in [-0.1, -0.05) is 18.2 Å². The molecule has 0 unspecified atom stereocenters. The normalized spacial score (nSPS) is 19.9. The lowest BCUT2D eigenvalue weighted by molar-refractivity contribution is -0.127. The Balaban J connectivity index is 2.22. The first-order valence-electron chi connectivity index (χ1n) is 8.19. The van der Waals surface area contributed by atoms with Crippen molar-refractivity contribution in [1.82, 2.24) is 0 Å². The summed E-state index contributed by atoms with van der Waals surface area (Å²) < 4.78 is 10.9. The highest BCUT2D eigenvalue weighted by Crippen LogP contribution is 2.54. The van der Waals surface area contributed by atoms with E-state index in [0.29, 0.717) is 0 Å². The van der Waals surface area contributed by atoms with Crippen LogP contribution in [0.4, 0.5) is 5.69 Å². The number of fused-ring (bicyclic) bond motifs is 4. The number of rotatable bonds is 1. The average Bonchev–Trinajstić information content (AvgIpc) is 2.92. The summed E-state index contributed by atoms with van der Waals surface area (Å²) in [7, 11) is 0. The lowest BCUT2D eigenvalue weighted by Gasteiger charge is -2.32. The molecule has 1 aromatic heterocycles. The summed E-state index contributed by atoms with van der Waals surface area (Å²) in [5.41, 5.74) is 3.41. The Morgan fingerprint density at radius 2 is 2.07 bits per heavy atom. The maximum atomic E-state index is 13.6. The van der Waals surface area contributed by atoms with Crippen molar-refractivity contribution >= 4 is 17.5 Å². The molecule has 2 amide bonds. The Labute approximate surface area is 157 Å². The minimum Gasteiger partial charge on any atom is -0.457 e. The summed E-state index contributed by atoms with van der Waals surface area (Å²) in [5, 5.41) is 19.2. The number of aliphatic hydroxyl groups is 1. The van der Waals surface area contributed by atoms with Gasteiger partial charge in [0.1, 0.15) is 24.0 Å². The number of hydrogen-bond donors (Lipinski definition) is 2. The van der Waals surface area contributed by atoms with Gasteiger partial charge in [-0.15, -0.1) is 0 Å². The highest BCUT2D eigenvalue weighted by atomic mass is 16.5. The van der Waals surface area contributed by atoms with E-state index in [4.69, 9.17) is 14.9 Å². The third kappa shape index (κ3) is 1.95. The maximum Gasteiger partial charge on any atom is 0.257 e. The van der Waals surface area contributed by atoms with Crippen molar-refractivity contribution in [2.45, 2.75) is 18.9 Å². The van der Waals surface area contributed by atoms with Gasteiger partial charge in [0.05, 0.1) is 5.69 Å². The molecule has 1 aromatic carbocycles. The van der Waals surface area contributed by atoms with Crippen molar-refractivity contribution in [3.05, 3.63) is 69.1 Å².